The van der Waals surface area contributed by atoms with E-state index in [9.17, 15) is 18.4 Å². The van der Waals surface area contributed by atoms with Gasteiger partial charge in [-0.25, -0.2) is 13.8 Å². The van der Waals surface area contributed by atoms with E-state index in [1.54, 1.807) is 16.2 Å². The second-order valence-corrected chi connectivity index (χ2v) is 8.57. The number of aromatic nitrogens is 1. The number of hydrogen-bond acceptors (Lipinski definition) is 4. The van der Waals surface area contributed by atoms with Gasteiger partial charge in [-0.3, -0.25) is 9.59 Å². The van der Waals surface area contributed by atoms with Gasteiger partial charge in [0.25, 0.3) is 5.91 Å². The summed E-state index contributed by atoms with van der Waals surface area (Å²) in [7, 11) is 0. The van der Waals surface area contributed by atoms with E-state index in [2.05, 4.69) is 5.32 Å². The SMILES string of the molecule is O=C(NCCc1csc(C2CCN(C(=O)c3cc(F)ccc3F)CC2)n1)C1CC1. The van der Waals surface area contributed by atoms with E-state index < -0.39 is 17.5 Å². The number of likely N-dealkylation sites (tertiary alicyclic amines) is 1. The molecule has 0 unspecified atom stereocenters. The number of nitrogens with zero attached hydrogens (tertiary/aromatic N) is 2. The predicted molar refractivity (Wildman–Crippen MR) is 106 cm³/mol. The molecule has 8 heteroatoms. The highest BCUT2D eigenvalue weighted by molar-refractivity contribution is 7.09. The summed E-state index contributed by atoms with van der Waals surface area (Å²) < 4.78 is 27.2. The molecule has 0 spiro atoms. The Hall–Kier alpha value is -2.35. The standard InChI is InChI=1S/C21H23F2N3O2S/c22-15-3-4-18(23)17(11-15)21(28)26-9-6-14(7-10-26)20-25-16(12-29-20)5-8-24-19(27)13-1-2-13/h3-4,11-14H,1-2,5-10H2,(H,24,27). The number of carbonyl (C=O) groups excluding carboxylic acids is 2. The Morgan fingerprint density at radius 3 is 2.66 bits per heavy atom. The van der Waals surface area contributed by atoms with Crippen LogP contribution in [0.4, 0.5) is 8.78 Å². The van der Waals surface area contributed by atoms with Gasteiger partial charge in [0, 0.05) is 43.3 Å². The zero-order chi connectivity index (χ0) is 20.4. The van der Waals surface area contributed by atoms with Gasteiger partial charge in [0.05, 0.1) is 16.3 Å². The number of amides is 2. The number of piperidine rings is 1. The lowest BCUT2D eigenvalue weighted by atomic mass is 9.97. The molecule has 1 aromatic carbocycles. The van der Waals surface area contributed by atoms with Crippen LogP contribution in [0.2, 0.25) is 0 Å². The van der Waals surface area contributed by atoms with Gasteiger partial charge in [-0.2, -0.15) is 0 Å². The van der Waals surface area contributed by atoms with E-state index in [1.165, 1.54) is 0 Å². The van der Waals surface area contributed by atoms with Crippen LogP contribution in [0, 0.1) is 17.6 Å². The van der Waals surface area contributed by atoms with Crippen molar-refractivity contribution in [3.05, 3.63) is 51.5 Å². The first-order valence-corrected chi connectivity index (χ1v) is 10.9. The van der Waals surface area contributed by atoms with Gasteiger partial charge >= 0.3 is 0 Å². The van der Waals surface area contributed by atoms with E-state index in [0.717, 1.165) is 54.6 Å². The van der Waals surface area contributed by atoms with E-state index >= 15 is 0 Å². The van der Waals surface area contributed by atoms with E-state index in [4.69, 9.17) is 4.98 Å². The number of carbonyl (C=O) groups is 2. The van der Waals surface area contributed by atoms with Crippen molar-refractivity contribution < 1.29 is 18.4 Å². The summed E-state index contributed by atoms with van der Waals surface area (Å²) in [6, 6.07) is 2.95. The molecule has 2 amide bonds. The van der Waals surface area contributed by atoms with Crippen molar-refractivity contribution in [1.82, 2.24) is 15.2 Å². The first-order valence-electron chi connectivity index (χ1n) is 9.97. The number of hydrogen-bond donors (Lipinski definition) is 1. The van der Waals surface area contributed by atoms with Crippen molar-refractivity contribution in [3.8, 4) is 0 Å². The van der Waals surface area contributed by atoms with Gasteiger partial charge in [0.15, 0.2) is 0 Å². The maximum atomic E-state index is 13.9. The van der Waals surface area contributed by atoms with Crippen molar-refractivity contribution in [1.29, 1.82) is 0 Å². The minimum absolute atomic E-state index is 0.146. The predicted octanol–water partition coefficient (Wildman–Crippen LogP) is 3.51. The number of thiazole rings is 1. The number of rotatable bonds is 6. The molecule has 4 rings (SSSR count). The third kappa shape index (κ3) is 4.80. The van der Waals surface area contributed by atoms with E-state index in [0.29, 0.717) is 26.1 Å². The van der Waals surface area contributed by atoms with Crippen molar-refractivity contribution in [3.63, 3.8) is 0 Å². The molecule has 1 saturated carbocycles. The largest absolute Gasteiger partial charge is 0.355 e. The van der Waals surface area contributed by atoms with Gasteiger partial charge in [-0.1, -0.05) is 0 Å². The number of halogens is 2. The average molecular weight is 419 g/mol. The summed E-state index contributed by atoms with van der Waals surface area (Å²) in [5.74, 6) is -1.16. The molecule has 0 bridgehead atoms. The molecular weight excluding hydrogens is 396 g/mol. The van der Waals surface area contributed by atoms with Crippen LogP contribution < -0.4 is 5.32 Å². The van der Waals surface area contributed by atoms with E-state index in [1.807, 2.05) is 5.38 Å². The summed E-state index contributed by atoms with van der Waals surface area (Å²) in [6.07, 6.45) is 4.20. The monoisotopic (exact) mass is 419 g/mol. The fourth-order valence-electron chi connectivity index (χ4n) is 3.59. The molecule has 2 fully saturated rings. The topological polar surface area (TPSA) is 62.3 Å². The van der Waals surface area contributed by atoms with Crippen LogP contribution in [0.3, 0.4) is 0 Å². The Morgan fingerprint density at radius 1 is 1.17 bits per heavy atom. The average Bonchev–Trinajstić information content (AvgIpc) is 3.48. The van der Waals surface area contributed by atoms with Gasteiger partial charge in [-0.15, -0.1) is 11.3 Å². The Balaban J connectivity index is 1.28. The normalized spacial score (nSPS) is 17.4. The molecule has 2 heterocycles. The van der Waals surface area contributed by atoms with Crippen LogP contribution in [0.1, 0.15) is 52.7 Å². The highest BCUT2D eigenvalue weighted by atomic mass is 32.1. The summed E-state index contributed by atoms with van der Waals surface area (Å²) >= 11 is 1.61. The van der Waals surface area contributed by atoms with Crippen molar-refractivity contribution in [2.75, 3.05) is 19.6 Å². The molecular formula is C21H23F2N3O2S. The Kier molecular flexibility index (Phi) is 5.89. The minimum Gasteiger partial charge on any atom is -0.355 e. The smallest absolute Gasteiger partial charge is 0.256 e. The first kappa shape index (κ1) is 19.9. The van der Waals surface area contributed by atoms with Crippen LogP contribution >= 0.6 is 11.3 Å². The van der Waals surface area contributed by atoms with Gasteiger partial charge in [0.2, 0.25) is 5.91 Å². The maximum absolute atomic E-state index is 13.9. The summed E-state index contributed by atoms with van der Waals surface area (Å²) in [4.78, 5) is 30.5. The lowest BCUT2D eigenvalue weighted by Crippen LogP contribution is -2.38. The highest BCUT2D eigenvalue weighted by Crippen LogP contribution is 2.31. The second kappa shape index (κ2) is 8.57. The molecule has 1 aromatic heterocycles. The zero-order valence-electron chi connectivity index (χ0n) is 16.0. The van der Waals surface area contributed by atoms with Gasteiger partial charge < -0.3 is 10.2 Å². The van der Waals surface area contributed by atoms with Crippen LogP contribution in [-0.4, -0.2) is 41.3 Å². The quantitative estimate of drug-likeness (QED) is 0.780. The van der Waals surface area contributed by atoms with Crippen LogP contribution in [-0.2, 0) is 11.2 Å². The highest BCUT2D eigenvalue weighted by Gasteiger charge is 2.29. The second-order valence-electron chi connectivity index (χ2n) is 7.68. The first-order chi connectivity index (χ1) is 14.0. The lowest BCUT2D eigenvalue weighted by Gasteiger charge is -2.31. The molecule has 1 saturated heterocycles. The van der Waals surface area contributed by atoms with Crippen LogP contribution in [0.25, 0.3) is 0 Å². The fraction of sp³-hybridized carbons (Fsp3) is 0.476. The Bertz CT molecular complexity index is 905. The summed E-state index contributed by atoms with van der Waals surface area (Å²) in [6.45, 7) is 1.59. The Labute approximate surface area is 172 Å². The van der Waals surface area contributed by atoms with Crippen LogP contribution in [0.5, 0.6) is 0 Å². The van der Waals surface area contributed by atoms with E-state index in [-0.39, 0.29) is 23.3 Å². The maximum Gasteiger partial charge on any atom is 0.256 e. The van der Waals surface area contributed by atoms with Crippen molar-refractivity contribution in [2.45, 2.75) is 38.0 Å². The molecule has 1 aliphatic carbocycles. The summed E-state index contributed by atoms with van der Waals surface area (Å²) in [5.41, 5.74) is 0.759. The molecule has 2 aromatic rings. The molecule has 1 N–H and O–H groups in total. The van der Waals surface area contributed by atoms with Crippen molar-refractivity contribution >= 4 is 23.2 Å². The molecule has 1 aliphatic heterocycles. The molecule has 29 heavy (non-hydrogen) atoms. The van der Waals surface area contributed by atoms with Gasteiger partial charge in [0.1, 0.15) is 11.6 Å². The zero-order valence-corrected chi connectivity index (χ0v) is 16.8. The lowest BCUT2D eigenvalue weighted by molar-refractivity contribution is -0.122. The molecule has 154 valence electrons. The Morgan fingerprint density at radius 2 is 1.93 bits per heavy atom. The van der Waals surface area contributed by atoms with Crippen molar-refractivity contribution in [2.24, 2.45) is 5.92 Å². The minimum atomic E-state index is -0.697. The molecule has 0 radical (unpaired) electrons. The summed E-state index contributed by atoms with van der Waals surface area (Å²) in [5, 5.41) is 6.01. The number of nitrogens with one attached hydrogen (secondary N) is 1. The molecule has 2 aliphatic rings. The molecule has 0 atom stereocenters. The third-order valence-electron chi connectivity index (χ3n) is 5.49. The van der Waals surface area contributed by atoms with Crippen LogP contribution in [0.15, 0.2) is 23.6 Å². The van der Waals surface area contributed by atoms with Gasteiger partial charge in [-0.05, 0) is 43.9 Å². The third-order valence-corrected chi connectivity index (χ3v) is 6.54. The number of benzene rings is 1. The molecule has 5 nitrogen and oxygen atoms in total. The fourth-order valence-corrected chi connectivity index (χ4v) is 4.62.